The second-order valence-corrected chi connectivity index (χ2v) is 5.01. The van der Waals surface area contributed by atoms with Crippen molar-refractivity contribution in [2.75, 3.05) is 24.3 Å². The summed E-state index contributed by atoms with van der Waals surface area (Å²) >= 11 is 0. The Morgan fingerprint density at radius 1 is 1.15 bits per heavy atom. The second-order valence-electron chi connectivity index (χ2n) is 5.01. The molecule has 0 aliphatic rings. The van der Waals surface area contributed by atoms with Crippen molar-refractivity contribution in [1.29, 1.82) is 0 Å². The minimum atomic E-state index is 0.779. The van der Waals surface area contributed by atoms with Gasteiger partial charge in [0, 0.05) is 26.8 Å². The Morgan fingerprint density at radius 3 is 2.80 bits per heavy atom. The molecule has 2 N–H and O–H groups in total. The average molecular weight is 266 g/mol. The van der Waals surface area contributed by atoms with Crippen molar-refractivity contribution >= 4 is 22.4 Å². The number of H-pyrrole nitrogens is 1. The van der Waals surface area contributed by atoms with Crippen molar-refractivity contribution in [3.8, 4) is 0 Å². The standard InChI is InChI=1S/C16H18N4/c1-20(2)15-7-6-14(11-19-15)18-10-13-5-3-4-12-8-9-17-16(12)13/h3-9,11,17-18H,10H2,1-2H3. The van der Waals surface area contributed by atoms with Gasteiger partial charge < -0.3 is 15.2 Å². The van der Waals surface area contributed by atoms with E-state index in [4.69, 9.17) is 0 Å². The highest BCUT2D eigenvalue weighted by atomic mass is 15.1. The molecule has 0 radical (unpaired) electrons. The number of aromatic nitrogens is 2. The third-order valence-electron chi connectivity index (χ3n) is 3.36. The van der Waals surface area contributed by atoms with Crippen LogP contribution < -0.4 is 10.2 Å². The largest absolute Gasteiger partial charge is 0.380 e. The van der Waals surface area contributed by atoms with Gasteiger partial charge in [-0.3, -0.25) is 0 Å². The number of hydrogen-bond donors (Lipinski definition) is 2. The highest BCUT2D eigenvalue weighted by molar-refractivity contribution is 5.82. The number of nitrogens with one attached hydrogen (secondary N) is 2. The molecule has 0 unspecified atom stereocenters. The van der Waals surface area contributed by atoms with E-state index in [0.29, 0.717) is 0 Å². The summed E-state index contributed by atoms with van der Waals surface area (Å²) in [5.74, 6) is 0.960. The first-order valence-electron chi connectivity index (χ1n) is 6.66. The number of hydrogen-bond acceptors (Lipinski definition) is 3. The van der Waals surface area contributed by atoms with Gasteiger partial charge in [0.15, 0.2) is 0 Å². The molecule has 0 saturated heterocycles. The van der Waals surface area contributed by atoms with Crippen molar-refractivity contribution < 1.29 is 0 Å². The third-order valence-corrected chi connectivity index (χ3v) is 3.36. The van der Waals surface area contributed by atoms with Crippen LogP contribution in [0.25, 0.3) is 10.9 Å². The van der Waals surface area contributed by atoms with Gasteiger partial charge in [-0.05, 0) is 29.1 Å². The molecule has 0 fully saturated rings. The summed E-state index contributed by atoms with van der Waals surface area (Å²) in [6.45, 7) is 0.779. The van der Waals surface area contributed by atoms with Gasteiger partial charge in [0.25, 0.3) is 0 Å². The molecular weight excluding hydrogens is 248 g/mol. The van der Waals surface area contributed by atoms with Crippen LogP contribution in [0, 0.1) is 0 Å². The first kappa shape index (κ1) is 12.5. The van der Waals surface area contributed by atoms with Gasteiger partial charge in [0.1, 0.15) is 5.82 Å². The van der Waals surface area contributed by atoms with Crippen molar-refractivity contribution in [2.24, 2.45) is 0 Å². The predicted molar refractivity (Wildman–Crippen MR) is 84.2 cm³/mol. The van der Waals surface area contributed by atoms with E-state index >= 15 is 0 Å². The molecule has 3 rings (SSSR count). The Hall–Kier alpha value is -2.49. The number of anilines is 2. The van der Waals surface area contributed by atoms with Crippen LogP contribution in [0.2, 0.25) is 0 Å². The minimum Gasteiger partial charge on any atom is -0.380 e. The van der Waals surface area contributed by atoms with Crippen molar-refractivity contribution in [3.05, 3.63) is 54.4 Å². The maximum Gasteiger partial charge on any atom is 0.128 e. The smallest absolute Gasteiger partial charge is 0.128 e. The van der Waals surface area contributed by atoms with E-state index in [1.54, 1.807) is 0 Å². The van der Waals surface area contributed by atoms with E-state index in [1.807, 2.05) is 37.5 Å². The number of benzene rings is 1. The maximum atomic E-state index is 4.40. The van der Waals surface area contributed by atoms with Crippen LogP contribution in [0.1, 0.15) is 5.56 Å². The molecular formula is C16H18N4. The Labute approximate surface area is 118 Å². The Balaban J connectivity index is 1.74. The Bertz CT molecular complexity index is 698. The lowest BCUT2D eigenvalue weighted by Gasteiger charge is -2.12. The normalized spacial score (nSPS) is 10.7. The van der Waals surface area contributed by atoms with Gasteiger partial charge in [-0.25, -0.2) is 4.98 Å². The Kier molecular flexibility index (Phi) is 3.29. The number of nitrogens with zero attached hydrogens (tertiary/aromatic N) is 2. The number of fused-ring (bicyclic) bond motifs is 1. The summed E-state index contributed by atoms with van der Waals surface area (Å²) < 4.78 is 0. The SMILES string of the molecule is CN(C)c1ccc(NCc2cccc3cc[nH]c23)cn1. The van der Waals surface area contributed by atoms with E-state index in [2.05, 4.69) is 45.6 Å². The highest BCUT2D eigenvalue weighted by Gasteiger charge is 2.02. The molecule has 0 aliphatic carbocycles. The van der Waals surface area contributed by atoms with Crippen molar-refractivity contribution in [2.45, 2.75) is 6.54 Å². The van der Waals surface area contributed by atoms with Crippen LogP contribution in [0.4, 0.5) is 11.5 Å². The summed E-state index contributed by atoms with van der Waals surface area (Å²) in [6, 6.07) is 12.5. The molecule has 2 heterocycles. The zero-order valence-corrected chi connectivity index (χ0v) is 11.7. The van der Waals surface area contributed by atoms with Crippen LogP contribution in [-0.4, -0.2) is 24.1 Å². The molecule has 2 aromatic heterocycles. The van der Waals surface area contributed by atoms with E-state index in [0.717, 1.165) is 18.1 Å². The minimum absolute atomic E-state index is 0.779. The molecule has 0 spiro atoms. The molecule has 0 atom stereocenters. The lowest BCUT2D eigenvalue weighted by atomic mass is 10.1. The van der Waals surface area contributed by atoms with Gasteiger partial charge in [-0.1, -0.05) is 18.2 Å². The van der Waals surface area contributed by atoms with Crippen LogP contribution in [0.15, 0.2) is 48.8 Å². The zero-order valence-electron chi connectivity index (χ0n) is 11.7. The summed E-state index contributed by atoms with van der Waals surface area (Å²) in [4.78, 5) is 9.67. The number of rotatable bonds is 4. The number of pyridine rings is 1. The van der Waals surface area contributed by atoms with Gasteiger partial charge in [0.05, 0.1) is 17.4 Å². The third kappa shape index (κ3) is 2.45. The molecule has 0 bridgehead atoms. The summed E-state index contributed by atoms with van der Waals surface area (Å²) in [6.07, 6.45) is 3.84. The van der Waals surface area contributed by atoms with Gasteiger partial charge >= 0.3 is 0 Å². The molecule has 0 amide bonds. The van der Waals surface area contributed by atoms with Crippen LogP contribution >= 0.6 is 0 Å². The summed E-state index contributed by atoms with van der Waals surface area (Å²) in [5.41, 5.74) is 3.47. The molecule has 4 nitrogen and oxygen atoms in total. The molecule has 3 aromatic rings. The van der Waals surface area contributed by atoms with Crippen LogP contribution in [0.5, 0.6) is 0 Å². The van der Waals surface area contributed by atoms with E-state index in [9.17, 15) is 0 Å². The molecule has 20 heavy (non-hydrogen) atoms. The lowest BCUT2D eigenvalue weighted by Crippen LogP contribution is -2.10. The molecule has 1 aromatic carbocycles. The molecule has 0 saturated carbocycles. The van der Waals surface area contributed by atoms with Gasteiger partial charge in [0.2, 0.25) is 0 Å². The summed E-state index contributed by atoms with van der Waals surface area (Å²) in [5, 5.41) is 4.65. The fourth-order valence-electron chi connectivity index (χ4n) is 2.25. The zero-order chi connectivity index (χ0) is 13.9. The number of aromatic amines is 1. The van der Waals surface area contributed by atoms with Gasteiger partial charge in [-0.15, -0.1) is 0 Å². The van der Waals surface area contributed by atoms with Crippen molar-refractivity contribution in [3.63, 3.8) is 0 Å². The fourth-order valence-corrected chi connectivity index (χ4v) is 2.25. The molecule has 102 valence electrons. The van der Waals surface area contributed by atoms with Crippen LogP contribution in [0.3, 0.4) is 0 Å². The topological polar surface area (TPSA) is 44.0 Å². The average Bonchev–Trinajstić information content (AvgIpc) is 2.94. The quantitative estimate of drug-likeness (QED) is 0.762. The molecule has 4 heteroatoms. The van der Waals surface area contributed by atoms with E-state index < -0.39 is 0 Å². The second kappa shape index (κ2) is 5.25. The lowest BCUT2D eigenvalue weighted by molar-refractivity contribution is 1.06. The highest BCUT2D eigenvalue weighted by Crippen LogP contribution is 2.18. The first-order chi connectivity index (χ1) is 9.74. The predicted octanol–water partition coefficient (Wildman–Crippen LogP) is 3.24. The Morgan fingerprint density at radius 2 is 2.05 bits per heavy atom. The van der Waals surface area contributed by atoms with Gasteiger partial charge in [-0.2, -0.15) is 0 Å². The number of para-hydroxylation sites is 1. The van der Waals surface area contributed by atoms with Crippen LogP contribution in [-0.2, 0) is 6.54 Å². The van der Waals surface area contributed by atoms with E-state index in [-0.39, 0.29) is 0 Å². The monoisotopic (exact) mass is 266 g/mol. The maximum absolute atomic E-state index is 4.40. The van der Waals surface area contributed by atoms with Crippen molar-refractivity contribution in [1.82, 2.24) is 9.97 Å². The molecule has 0 aliphatic heterocycles. The fraction of sp³-hybridized carbons (Fsp3) is 0.188. The van der Waals surface area contributed by atoms with E-state index in [1.165, 1.54) is 16.5 Å². The first-order valence-corrected chi connectivity index (χ1v) is 6.66. The summed E-state index contributed by atoms with van der Waals surface area (Å²) in [7, 11) is 3.97.